The van der Waals surface area contributed by atoms with E-state index in [1.807, 2.05) is 11.3 Å². The van der Waals surface area contributed by atoms with E-state index in [4.69, 9.17) is 13.3 Å². The number of hydrogen-bond acceptors (Lipinski definition) is 4. The Morgan fingerprint density at radius 1 is 0.436 bits per heavy atom. The molecule has 0 saturated heterocycles. The van der Waals surface area contributed by atoms with Crippen LogP contribution in [0.1, 0.15) is 270 Å². The predicted molar refractivity (Wildman–Crippen MR) is 249 cm³/mol. The van der Waals surface area contributed by atoms with Crippen LogP contribution in [-0.2, 0) is 13.3 Å². The van der Waals surface area contributed by atoms with Crippen molar-refractivity contribution in [2.45, 2.75) is 271 Å². The van der Waals surface area contributed by atoms with Crippen molar-refractivity contribution in [3.8, 4) is 0 Å². The summed E-state index contributed by atoms with van der Waals surface area (Å²) in [6.45, 7) is 13.9. The van der Waals surface area contributed by atoms with Gasteiger partial charge in [-0.15, -0.1) is 11.3 Å². The molecule has 0 aliphatic carbocycles. The normalized spacial score (nSPS) is 13.6. The quantitative estimate of drug-likeness (QED) is 0.0485. The van der Waals surface area contributed by atoms with Crippen LogP contribution >= 0.6 is 11.3 Å². The molecule has 55 heavy (non-hydrogen) atoms. The van der Waals surface area contributed by atoms with E-state index >= 15 is 0 Å². The standard InChI is InChI=1S/C50H98O3SSi/c1-6-9-12-15-18-21-23-24-25-26-29-32-35-38-44-52-55(47-48(4)5,51-43-37-34-31-28-22-19-16-13-10-7-2)53-45-42-49(50-41-39-46-54-50)40-36-33-30-27-20-17-14-11-8-3/h39,41,46,48-49H,6-38,40,42-45,47H2,1-5H3. The first-order chi connectivity index (χ1) is 27.1. The Bertz CT molecular complexity index is 863. The molecule has 326 valence electrons. The highest BCUT2D eigenvalue weighted by Crippen LogP contribution is 2.31. The Kier molecular flexibility index (Phi) is 39.0. The van der Waals surface area contributed by atoms with Crippen LogP contribution in [0.3, 0.4) is 0 Å². The minimum absolute atomic E-state index is 0.505. The minimum Gasteiger partial charge on any atom is -0.373 e. The first-order valence-electron chi connectivity index (χ1n) is 25.0. The lowest BCUT2D eigenvalue weighted by Crippen LogP contribution is -2.47. The van der Waals surface area contributed by atoms with Crippen molar-refractivity contribution in [2.24, 2.45) is 5.92 Å². The van der Waals surface area contributed by atoms with Crippen LogP contribution < -0.4 is 0 Å². The van der Waals surface area contributed by atoms with E-state index in [0.717, 1.165) is 45.1 Å². The van der Waals surface area contributed by atoms with Gasteiger partial charge >= 0.3 is 8.80 Å². The molecule has 3 nitrogen and oxygen atoms in total. The number of hydrogen-bond donors (Lipinski definition) is 0. The summed E-state index contributed by atoms with van der Waals surface area (Å²) in [4.78, 5) is 1.54. The Morgan fingerprint density at radius 2 is 0.782 bits per heavy atom. The summed E-state index contributed by atoms with van der Waals surface area (Å²) >= 11 is 1.93. The zero-order chi connectivity index (χ0) is 39.8. The van der Waals surface area contributed by atoms with Crippen LogP contribution in [0.2, 0.25) is 6.04 Å². The summed E-state index contributed by atoms with van der Waals surface area (Å²) < 4.78 is 20.7. The largest absolute Gasteiger partial charge is 0.501 e. The van der Waals surface area contributed by atoms with E-state index in [2.05, 4.69) is 52.1 Å². The van der Waals surface area contributed by atoms with Gasteiger partial charge < -0.3 is 13.3 Å². The Labute approximate surface area is 351 Å². The van der Waals surface area contributed by atoms with E-state index in [0.29, 0.717) is 11.8 Å². The fraction of sp³-hybridized carbons (Fsp3) is 0.920. The first kappa shape index (κ1) is 52.8. The van der Waals surface area contributed by atoms with Gasteiger partial charge in [0.1, 0.15) is 0 Å². The van der Waals surface area contributed by atoms with Crippen molar-refractivity contribution in [1.29, 1.82) is 0 Å². The molecule has 1 heterocycles. The molecule has 5 heteroatoms. The van der Waals surface area contributed by atoms with Crippen molar-refractivity contribution in [3.63, 3.8) is 0 Å². The zero-order valence-corrected chi connectivity index (χ0v) is 39.9. The fourth-order valence-corrected chi connectivity index (χ4v) is 12.0. The second-order valence-corrected chi connectivity index (χ2v) is 21.3. The van der Waals surface area contributed by atoms with Crippen molar-refractivity contribution in [3.05, 3.63) is 22.4 Å². The topological polar surface area (TPSA) is 27.7 Å². The highest BCUT2D eigenvalue weighted by molar-refractivity contribution is 7.10. The van der Waals surface area contributed by atoms with Gasteiger partial charge in [-0.05, 0) is 49.0 Å². The van der Waals surface area contributed by atoms with Crippen molar-refractivity contribution >= 4 is 20.1 Å². The van der Waals surface area contributed by atoms with E-state index in [9.17, 15) is 0 Å². The summed E-state index contributed by atoms with van der Waals surface area (Å²) in [5, 5.41) is 2.26. The number of thiophene rings is 1. The van der Waals surface area contributed by atoms with Crippen LogP contribution in [0.4, 0.5) is 0 Å². The Hall–Kier alpha value is -0.203. The molecule has 0 saturated carbocycles. The lowest BCUT2D eigenvalue weighted by atomic mass is 9.96. The third-order valence-corrected chi connectivity index (χ3v) is 16.0. The number of rotatable bonds is 45. The van der Waals surface area contributed by atoms with Gasteiger partial charge in [0, 0.05) is 30.7 Å². The maximum atomic E-state index is 6.97. The SMILES string of the molecule is CCCCCCCCCCCCCCCCO[Si](CC(C)C)(OCCCCCCCCCCCC)OCCC(CCCCCCCCCCC)c1cccs1. The molecular formula is C50H98O3SSi. The maximum absolute atomic E-state index is 6.97. The molecular weight excluding hydrogens is 709 g/mol. The molecule has 1 aromatic heterocycles. The molecule has 0 N–H and O–H groups in total. The molecule has 0 radical (unpaired) electrons. The van der Waals surface area contributed by atoms with E-state index in [1.54, 1.807) is 0 Å². The molecule has 1 aromatic rings. The Morgan fingerprint density at radius 3 is 1.13 bits per heavy atom. The van der Waals surface area contributed by atoms with Gasteiger partial charge in [0.2, 0.25) is 0 Å². The smallest absolute Gasteiger partial charge is 0.373 e. The van der Waals surface area contributed by atoms with E-state index < -0.39 is 8.80 Å². The zero-order valence-electron chi connectivity index (χ0n) is 38.1. The van der Waals surface area contributed by atoms with Gasteiger partial charge in [0.15, 0.2) is 0 Å². The fourth-order valence-electron chi connectivity index (χ4n) is 8.15. The lowest BCUT2D eigenvalue weighted by Gasteiger charge is -2.32. The monoisotopic (exact) mass is 807 g/mol. The van der Waals surface area contributed by atoms with Crippen molar-refractivity contribution < 1.29 is 13.3 Å². The van der Waals surface area contributed by atoms with Crippen LogP contribution in [0.15, 0.2) is 17.5 Å². The minimum atomic E-state index is -2.77. The van der Waals surface area contributed by atoms with Gasteiger partial charge in [-0.25, -0.2) is 0 Å². The van der Waals surface area contributed by atoms with Gasteiger partial charge in [0.25, 0.3) is 0 Å². The second kappa shape index (κ2) is 40.6. The molecule has 0 fully saturated rings. The molecule has 0 aliphatic rings. The van der Waals surface area contributed by atoms with Crippen molar-refractivity contribution in [2.75, 3.05) is 19.8 Å². The molecule has 1 rings (SSSR count). The second-order valence-electron chi connectivity index (χ2n) is 17.7. The van der Waals surface area contributed by atoms with Crippen molar-refractivity contribution in [1.82, 2.24) is 0 Å². The molecule has 2 unspecified atom stereocenters. The van der Waals surface area contributed by atoms with Gasteiger partial charge in [-0.3, -0.25) is 0 Å². The summed E-state index contributed by atoms with van der Waals surface area (Å²) in [6, 6.07) is 5.53. The lowest BCUT2D eigenvalue weighted by molar-refractivity contribution is 0.0514. The third kappa shape index (κ3) is 33.3. The summed E-state index contributed by atoms with van der Waals surface area (Å²) in [6.07, 6.45) is 47.7. The van der Waals surface area contributed by atoms with Crippen LogP contribution in [0.25, 0.3) is 0 Å². The first-order valence-corrected chi connectivity index (χ1v) is 27.8. The molecule has 0 aromatic carbocycles. The Balaban J connectivity index is 2.59. The molecule has 0 aliphatic heterocycles. The maximum Gasteiger partial charge on any atom is 0.501 e. The highest BCUT2D eigenvalue weighted by atomic mass is 32.1. The molecule has 2 atom stereocenters. The van der Waals surface area contributed by atoms with Crippen LogP contribution in [-0.4, -0.2) is 28.6 Å². The van der Waals surface area contributed by atoms with Gasteiger partial charge in [-0.2, -0.15) is 0 Å². The summed E-state index contributed by atoms with van der Waals surface area (Å²) in [5.74, 6) is 1.09. The van der Waals surface area contributed by atoms with Gasteiger partial charge in [0.05, 0.1) is 0 Å². The van der Waals surface area contributed by atoms with E-state index in [1.165, 1.54) is 210 Å². The average Bonchev–Trinajstić information content (AvgIpc) is 3.72. The molecule has 0 bridgehead atoms. The molecule has 0 spiro atoms. The summed E-state index contributed by atoms with van der Waals surface area (Å²) in [5.41, 5.74) is 0. The average molecular weight is 807 g/mol. The molecule has 0 amide bonds. The highest BCUT2D eigenvalue weighted by Gasteiger charge is 2.42. The number of unbranched alkanes of at least 4 members (excludes halogenated alkanes) is 30. The van der Waals surface area contributed by atoms with E-state index in [-0.39, 0.29) is 0 Å². The van der Waals surface area contributed by atoms with Gasteiger partial charge in [-0.1, -0.05) is 240 Å². The predicted octanol–water partition coefficient (Wildman–Crippen LogP) is 18.2. The van der Waals surface area contributed by atoms with Crippen LogP contribution in [0, 0.1) is 5.92 Å². The summed E-state index contributed by atoms with van der Waals surface area (Å²) in [7, 11) is -2.77. The third-order valence-electron chi connectivity index (χ3n) is 11.7. The van der Waals surface area contributed by atoms with Crippen LogP contribution in [0.5, 0.6) is 0 Å².